The maximum Gasteiger partial charge on any atom is 0.241 e. The lowest BCUT2D eigenvalue weighted by atomic mass is 9.99. The van der Waals surface area contributed by atoms with Crippen LogP contribution in [0.5, 0.6) is 0 Å². The van der Waals surface area contributed by atoms with E-state index in [1.807, 2.05) is 24.3 Å². The van der Waals surface area contributed by atoms with Crippen LogP contribution < -0.4 is 0 Å². The first-order chi connectivity index (χ1) is 12.7. The molecule has 0 aliphatic carbocycles. The highest BCUT2D eigenvalue weighted by Crippen LogP contribution is 2.23. The van der Waals surface area contributed by atoms with Crippen LogP contribution in [-0.4, -0.2) is 63.4 Å². The lowest BCUT2D eigenvalue weighted by Gasteiger charge is -2.41. The second-order valence-corrected chi connectivity index (χ2v) is 7.75. The summed E-state index contributed by atoms with van der Waals surface area (Å²) in [6.07, 6.45) is 4.17. The number of aliphatic hydroxyl groups excluding tert-OH is 1. The minimum Gasteiger partial charge on any atom is -0.392 e. The summed E-state index contributed by atoms with van der Waals surface area (Å²) in [7, 11) is 0. The normalized spacial score (nSPS) is 23.4. The summed E-state index contributed by atoms with van der Waals surface area (Å²) in [5.74, 6) is 1.26. The van der Waals surface area contributed by atoms with Crippen molar-refractivity contribution < 1.29 is 9.63 Å². The van der Waals surface area contributed by atoms with Gasteiger partial charge in [0.2, 0.25) is 11.7 Å². The predicted octanol–water partition coefficient (Wildman–Crippen LogP) is 2.81. The zero-order valence-corrected chi connectivity index (χ0v) is 15.6. The zero-order chi connectivity index (χ0) is 17.9. The van der Waals surface area contributed by atoms with Crippen LogP contribution in [0.15, 0.2) is 28.8 Å². The van der Waals surface area contributed by atoms with Crippen molar-refractivity contribution in [2.75, 3.05) is 26.2 Å². The largest absolute Gasteiger partial charge is 0.392 e. The molecular weight excluding hydrogens is 352 g/mol. The Balaban J connectivity index is 1.30. The fourth-order valence-corrected chi connectivity index (χ4v) is 4.11. The van der Waals surface area contributed by atoms with Crippen LogP contribution in [0.25, 0.3) is 11.4 Å². The van der Waals surface area contributed by atoms with E-state index in [2.05, 4.69) is 19.9 Å². The number of aromatic nitrogens is 2. The molecule has 1 atom stereocenters. The Morgan fingerprint density at radius 2 is 1.88 bits per heavy atom. The van der Waals surface area contributed by atoms with Crippen molar-refractivity contribution >= 4 is 11.6 Å². The number of hydrogen-bond acceptors (Lipinski definition) is 6. The summed E-state index contributed by atoms with van der Waals surface area (Å²) < 4.78 is 5.43. The van der Waals surface area contributed by atoms with Gasteiger partial charge >= 0.3 is 0 Å². The maximum atomic E-state index is 9.88. The third-order valence-electron chi connectivity index (χ3n) is 5.43. The topological polar surface area (TPSA) is 65.6 Å². The Hall–Kier alpha value is -1.47. The van der Waals surface area contributed by atoms with E-state index in [0.717, 1.165) is 57.4 Å². The van der Waals surface area contributed by atoms with Crippen LogP contribution in [0.3, 0.4) is 0 Å². The van der Waals surface area contributed by atoms with E-state index in [1.165, 1.54) is 0 Å². The van der Waals surface area contributed by atoms with Gasteiger partial charge in [0.25, 0.3) is 0 Å². The van der Waals surface area contributed by atoms with Crippen LogP contribution in [-0.2, 0) is 6.54 Å². The first-order valence-corrected chi connectivity index (χ1v) is 9.78. The van der Waals surface area contributed by atoms with Gasteiger partial charge < -0.3 is 9.63 Å². The van der Waals surface area contributed by atoms with Gasteiger partial charge in [0.05, 0.1) is 12.6 Å². The van der Waals surface area contributed by atoms with Crippen molar-refractivity contribution in [2.24, 2.45) is 0 Å². The van der Waals surface area contributed by atoms with Gasteiger partial charge in [-0.25, -0.2) is 0 Å². The van der Waals surface area contributed by atoms with E-state index in [1.54, 1.807) is 0 Å². The molecule has 4 rings (SSSR count). The van der Waals surface area contributed by atoms with Gasteiger partial charge in [0, 0.05) is 36.3 Å². The molecule has 0 saturated carbocycles. The Morgan fingerprint density at radius 3 is 2.62 bits per heavy atom. The molecule has 0 unspecified atom stereocenters. The minimum atomic E-state index is -0.147. The van der Waals surface area contributed by atoms with E-state index in [9.17, 15) is 5.11 Å². The molecule has 0 amide bonds. The van der Waals surface area contributed by atoms with Crippen LogP contribution in [0, 0.1) is 0 Å². The molecule has 0 bridgehead atoms. The number of β-amino-alcohol motifs (C(OH)–C–C–N with tert-alkyl or cyclic N) is 1. The maximum absolute atomic E-state index is 9.88. The smallest absolute Gasteiger partial charge is 0.241 e. The van der Waals surface area contributed by atoms with Gasteiger partial charge in [0.15, 0.2) is 0 Å². The van der Waals surface area contributed by atoms with Crippen LogP contribution >= 0.6 is 11.6 Å². The first kappa shape index (κ1) is 17.9. The summed E-state index contributed by atoms with van der Waals surface area (Å²) in [6.45, 7) is 4.69. The number of halogens is 1. The molecule has 7 heteroatoms. The molecule has 3 heterocycles. The summed E-state index contributed by atoms with van der Waals surface area (Å²) >= 11 is 5.92. The first-order valence-electron chi connectivity index (χ1n) is 9.40. The van der Waals surface area contributed by atoms with E-state index in [0.29, 0.717) is 29.3 Å². The molecule has 1 N–H and O–H groups in total. The van der Waals surface area contributed by atoms with E-state index >= 15 is 0 Å². The molecule has 2 aromatic rings. The highest BCUT2D eigenvalue weighted by atomic mass is 35.5. The molecule has 6 nitrogen and oxygen atoms in total. The lowest BCUT2D eigenvalue weighted by molar-refractivity contribution is 0.0231. The van der Waals surface area contributed by atoms with E-state index in [-0.39, 0.29) is 6.10 Å². The molecule has 2 aliphatic rings. The van der Waals surface area contributed by atoms with Gasteiger partial charge in [-0.15, -0.1) is 0 Å². The van der Waals surface area contributed by atoms with Gasteiger partial charge in [-0.05, 0) is 56.5 Å². The average Bonchev–Trinajstić information content (AvgIpc) is 3.11. The molecule has 0 radical (unpaired) electrons. The van der Waals surface area contributed by atoms with Crippen molar-refractivity contribution in [1.82, 2.24) is 19.9 Å². The third-order valence-corrected chi connectivity index (χ3v) is 5.68. The monoisotopic (exact) mass is 376 g/mol. The van der Waals surface area contributed by atoms with Crippen molar-refractivity contribution in [1.29, 1.82) is 0 Å². The van der Waals surface area contributed by atoms with E-state index < -0.39 is 0 Å². The minimum absolute atomic E-state index is 0.147. The van der Waals surface area contributed by atoms with Crippen molar-refractivity contribution in [3.8, 4) is 11.4 Å². The molecular formula is C19H25ClN4O2. The summed E-state index contributed by atoms with van der Waals surface area (Å²) in [5, 5.41) is 14.7. The number of nitrogens with zero attached hydrogens (tertiary/aromatic N) is 4. The number of hydrogen-bond donors (Lipinski definition) is 1. The number of aliphatic hydroxyl groups is 1. The fourth-order valence-electron chi connectivity index (χ4n) is 3.98. The second-order valence-electron chi connectivity index (χ2n) is 7.32. The highest BCUT2D eigenvalue weighted by Gasteiger charge is 2.28. The van der Waals surface area contributed by atoms with Crippen LogP contribution in [0.2, 0.25) is 5.02 Å². The lowest BCUT2D eigenvalue weighted by Crippen LogP contribution is -2.49. The predicted molar refractivity (Wildman–Crippen MR) is 99.9 cm³/mol. The van der Waals surface area contributed by atoms with Crippen molar-refractivity contribution in [2.45, 2.75) is 44.4 Å². The number of likely N-dealkylation sites (tertiary alicyclic amines) is 2. The van der Waals surface area contributed by atoms with E-state index in [4.69, 9.17) is 16.1 Å². The SMILES string of the molecule is O[C@@H]1CCCN(C2CCN(Cc3nc(-c4ccc(Cl)cc4)no3)CC2)C1. The average molecular weight is 377 g/mol. The number of piperidine rings is 2. The van der Waals surface area contributed by atoms with Gasteiger partial charge in [-0.3, -0.25) is 9.80 Å². The quantitative estimate of drug-likeness (QED) is 0.885. The molecule has 26 heavy (non-hydrogen) atoms. The third kappa shape index (κ3) is 4.26. The van der Waals surface area contributed by atoms with Crippen molar-refractivity contribution in [3.05, 3.63) is 35.2 Å². The van der Waals surface area contributed by atoms with Crippen LogP contribution in [0.1, 0.15) is 31.6 Å². The summed E-state index contributed by atoms with van der Waals surface area (Å²) in [5.41, 5.74) is 0.909. The molecule has 2 aliphatic heterocycles. The highest BCUT2D eigenvalue weighted by molar-refractivity contribution is 6.30. The van der Waals surface area contributed by atoms with Crippen molar-refractivity contribution in [3.63, 3.8) is 0 Å². The van der Waals surface area contributed by atoms with Gasteiger partial charge in [-0.1, -0.05) is 16.8 Å². The number of rotatable bonds is 4. The Labute approximate surface area is 158 Å². The van der Waals surface area contributed by atoms with Crippen LogP contribution in [0.4, 0.5) is 0 Å². The molecule has 2 fully saturated rings. The molecule has 0 spiro atoms. The molecule has 2 saturated heterocycles. The number of benzene rings is 1. The summed E-state index contributed by atoms with van der Waals surface area (Å²) in [4.78, 5) is 9.36. The fraction of sp³-hybridized carbons (Fsp3) is 0.579. The summed E-state index contributed by atoms with van der Waals surface area (Å²) in [6, 6.07) is 8.05. The Kier molecular flexibility index (Phi) is 5.55. The second kappa shape index (κ2) is 8.05. The van der Waals surface area contributed by atoms with Gasteiger partial charge in [0.1, 0.15) is 0 Å². The molecule has 1 aromatic carbocycles. The molecule has 140 valence electrons. The Morgan fingerprint density at radius 1 is 1.12 bits per heavy atom. The molecule has 1 aromatic heterocycles. The van der Waals surface area contributed by atoms with Gasteiger partial charge in [-0.2, -0.15) is 4.98 Å². The zero-order valence-electron chi connectivity index (χ0n) is 14.9. The standard InChI is InChI=1S/C19H25ClN4O2/c20-15-5-3-14(4-6-15)19-21-18(26-22-19)13-23-10-7-16(8-11-23)24-9-1-2-17(25)12-24/h3-6,16-17,25H,1-2,7-13H2/t17-/m1/s1. The Bertz CT molecular complexity index is 713.